The molecular weight excluding hydrogens is 344 g/mol. The Morgan fingerprint density at radius 1 is 1.32 bits per heavy atom. The van der Waals surface area contributed by atoms with Crippen LogP contribution in [0.25, 0.3) is 0 Å². The number of amides is 1. The summed E-state index contributed by atoms with van der Waals surface area (Å²) >= 11 is 0. The molecule has 2 N–H and O–H groups in total. The summed E-state index contributed by atoms with van der Waals surface area (Å²) in [4.78, 5) is 12.2. The van der Waals surface area contributed by atoms with Crippen molar-refractivity contribution >= 4 is 15.9 Å². The van der Waals surface area contributed by atoms with Crippen molar-refractivity contribution in [3.05, 3.63) is 48.3 Å². The third-order valence-electron chi connectivity index (χ3n) is 4.07. The highest BCUT2D eigenvalue weighted by Crippen LogP contribution is 2.21. The molecule has 0 unspecified atom stereocenters. The zero-order valence-corrected chi connectivity index (χ0v) is 14.4. The topological polar surface area (TPSA) is 105 Å². The van der Waals surface area contributed by atoms with Gasteiger partial charge in [-0.3, -0.25) is 9.48 Å². The Hall–Kier alpha value is -2.23. The Morgan fingerprint density at radius 3 is 2.68 bits per heavy atom. The lowest BCUT2D eigenvalue weighted by Crippen LogP contribution is -2.30. The highest BCUT2D eigenvalue weighted by molar-refractivity contribution is 7.89. The van der Waals surface area contributed by atoms with Gasteiger partial charge in [-0.1, -0.05) is 0 Å². The van der Waals surface area contributed by atoms with E-state index < -0.39 is 16.1 Å². The van der Waals surface area contributed by atoms with Crippen LogP contribution in [0.1, 0.15) is 16.8 Å². The van der Waals surface area contributed by atoms with Crippen LogP contribution in [0, 0.1) is 0 Å². The van der Waals surface area contributed by atoms with Gasteiger partial charge in [0.25, 0.3) is 5.91 Å². The minimum Gasteiger partial charge on any atom is -0.392 e. The average molecular weight is 364 g/mol. The van der Waals surface area contributed by atoms with Crippen LogP contribution in [0.15, 0.2) is 47.6 Å². The second-order valence-electron chi connectivity index (χ2n) is 5.85. The van der Waals surface area contributed by atoms with E-state index in [-0.39, 0.29) is 17.3 Å². The van der Waals surface area contributed by atoms with Crippen molar-refractivity contribution < 1.29 is 18.3 Å². The van der Waals surface area contributed by atoms with Crippen molar-refractivity contribution in [3.63, 3.8) is 0 Å². The number of rotatable bonds is 6. The first-order valence-corrected chi connectivity index (χ1v) is 9.45. The zero-order chi connectivity index (χ0) is 17.9. The maximum atomic E-state index is 12.5. The lowest BCUT2D eigenvalue weighted by molar-refractivity contribution is 0.0952. The van der Waals surface area contributed by atoms with E-state index in [1.54, 1.807) is 23.1 Å². The summed E-state index contributed by atoms with van der Waals surface area (Å²) < 4.78 is 27.9. The van der Waals surface area contributed by atoms with Crippen LogP contribution in [-0.4, -0.2) is 59.3 Å². The third kappa shape index (κ3) is 4.06. The Morgan fingerprint density at radius 2 is 2.08 bits per heavy atom. The van der Waals surface area contributed by atoms with Crippen LogP contribution in [0.4, 0.5) is 0 Å². The minimum atomic E-state index is -3.63. The lowest BCUT2D eigenvalue weighted by atomic mass is 10.2. The summed E-state index contributed by atoms with van der Waals surface area (Å²) in [5.74, 6) is -0.271. The highest BCUT2D eigenvalue weighted by atomic mass is 32.2. The average Bonchev–Trinajstić information content (AvgIpc) is 3.27. The number of carbonyl (C=O) groups is 1. The summed E-state index contributed by atoms with van der Waals surface area (Å²) in [6.07, 6.45) is 3.30. The molecule has 1 aliphatic rings. The SMILES string of the molecule is O=C(NCCn1cccn1)c1ccc(S(=O)(=O)N2CC[C@@H](O)C2)cc1. The molecule has 1 fully saturated rings. The minimum absolute atomic E-state index is 0.109. The molecule has 25 heavy (non-hydrogen) atoms. The van der Waals surface area contributed by atoms with Crippen LogP contribution in [0.5, 0.6) is 0 Å². The largest absolute Gasteiger partial charge is 0.392 e. The maximum Gasteiger partial charge on any atom is 0.251 e. The molecule has 8 nitrogen and oxygen atoms in total. The first kappa shape index (κ1) is 17.6. The number of aliphatic hydroxyl groups is 1. The smallest absolute Gasteiger partial charge is 0.251 e. The Labute approximate surface area is 146 Å². The van der Waals surface area contributed by atoms with Crippen LogP contribution in [-0.2, 0) is 16.6 Å². The fourth-order valence-electron chi connectivity index (χ4n) is 2.68. The Balaban J connectivity index is 1.60. The number of nitrogens with zero attached hydrogens (tertiary/aromatic N) is 3. The summed E-state index contributed by atoms with van der Waals surface area (Å²) in [5.41, 5.74) is 0.390. The van der Waals surface area contributed by atoms with E-state index >= 15 is 0 Å². The van der Waals surface area contributed by atoms with Crippen molar-refractivity contribution in [1.82, 2.24) is 19.4 Å². The normalized spacial score (nSPS) is 18.4. The lowest BCUT2D eigenvalue weighted by Gasteiger charge is -2.15. The second kappa shape index (κ2) is 7.34. The molecule has 1 saturated heterocycles. The van der Waals surface area contributed by atoms with E-state index in [0.717, 1.165) is 0 Å². The van der Waals surface area contributed by atoms with Crippen LogP contribution in [0.3, 0.4) is 0 Å². The number of carbonyl (C=O) groups excluding carboxylic acids is 1. The number of hydrogen-bond donors (Lipinski definition) is 2. The van der Waals surface area contributed by atoms with Crippen molar-refractivity contribution in [2.45, 2.75) is 24.0 Å². The number of aliphatic hydroxyl groups excluding tert-OH is 1. The van der Waals surface area contributed by atoms with Crippen LogP contribution >= 0.6 is 0 Å². The fourth-order valence-corrected chi connectivity index (χ4v) is 4.17. The van der Waals surface area contributed by atoms with E-state index in [0.29, 0.717) is 31.6 Å². The molecule has 2 heterocycles. The van der Waals surface area contributed by atoms with Gasteiger partial charge in [0.15, 0.2) is 0 Å². The molecule has 1 aliphatic heterocycles. The Bertz CT molecular complexity index is 818. The van der Waals surface area contributed by atoms with E-state index in [2.05, 4.69) is 10.4 Å². The molecular formula is C16H20N4O4S. The maximum absolute atomic E-state index is 12.5. The molecule has 1 atom stereocenters. The van der Waals surface area contributed by atoms with E-state index in [9.17, 15) is 18.3 Å². The molecule has 2 aromatic rings. The number of β-amino-alcohol motifs (C(OH)–C–C–N with tert-alkyl or cyclic N) is 1. The van der Waals surface area contributed by atoms with Gasteiger partial charge >= 0.3 is 0 Å². The van der Waals surface area contributed by atoms with Crippen LogP contribution < -0.4 is 5.32 Å². The number of nitrogens with one attached hydrogen (secondary N) is 1. The Kier molecular flexibility index (Phi) is 5.16. The molecule has 0 bridgehead atoms. The number of sulfonamides is 1. The molecule has 0 aliphatic carbocycles. The monoisotopic (exact) mass is 364 g/mol. The first-order chi connectivity index (χ1) is 12.0. The summed E-state index contributed by atoms with van der Waals surface area (Å²) in [7, 11) is -3.63. The summed E-state index contributed by atoms with van der Waals surface area (Å²) in [5, 5.41) is 16.3. The van der Waals surface area contributed by atoms with Gasteiger partial charge in [0.1, 0.15) is 0 Å². The van der Waals surface area contributed by atoms with Gasteiger partial charge in [0.05, 0.1) is 17.5 Å². The van der Waals surface area contributed by atoms with Crippen molar-refractivity contribution in [3.8, 4) is 0 Å². The molecule has 0 radical (unpaired) electrons. The number of hydrogen-bond acceptors (Lipinski definition) is 5. The second-order valence-corrected chi connectivity index (χ2v) is 7.79. The van der Waals surface area contributed by atoms with Gasteiger partial charge in [-0.2, -0.15) is 9.40 Å². The molecule has 0 spiro atoms. The molecule has 3 rings (SSSR count). The summed E-state index contributed by atoms with van der Waals surface area (Å²) in [6, 6.07) is 7.62. The molecule has 0 saturated carbocycles. The highest BCUT2D eigenvalue weighted by Gasteiger charge is 2.31. The predicted octanol–water partition coefficient (Wildman–Crippen LogP) is 0.0684. The van der Waals surface area contributed by atoms with E-state index in [4.69, 9.17) is 0 Å². The van der Waals surface area contributed by atoms with Crippen LogP contribution in [0.2, 0.25) is 0 Å². The predicted molar refractivity (Wildman–Crippen MR) is 90.4 cm³/mol. The van der Waals surface area contributed by atoms with E-state index in [1.165, 1.54) is 28.6 Å². The first-order valence-electron chi connectivity index (χ1n) is 8.01. The van der Waals surface area contributed by atoms with Gasteiger partial charge in [-0.05, 0) is 36.8 Å². The van der Waals surface area contributed by atoms with Crippen molar-refractivity contribution in [1.29, 1.82) is 0 Å². The standard InChI is InChI=1S/C16H20N4O4S/c21-14-6-10-20(12-14)25(23,24)15-4-2-13(3-5-15)16(22)17-8-11-19-9-1-7-18-19/h1-5,7,9,14,21H,6,8,10-12H2,(H,17,22)/t14-/m1/s1. The zero-order valence-electron chi connectivity index (χ0n) is 13.6. The molecule has 1 amide bonds. The molecule has 9 heteroatoms. The van der Waals surface area contributed by atoms with Gasteiger partial charge < -0.3 is 10.4 Å². The molecule has 1 aromatic heterocycles. The fraction of sp³-hybridized carbons (Fsp3) is 0.375. The molecule has 134 valence electrons. The molecule has 1 aromatic carbocycles. The van der Waals surface area contributed by atoms with E-state index in [1.807, 2.05) is 0 Å². The van der Waals surface area contributed by atoms with Gasteiger partial charge in [-0.25, -0.2) is 8.42 Å². The van der Waals surface area contributed by atoms with Gasteiger partial charge in [0.2, 0.25) is 10.0 Å². The number of aromatic nitrogens is 2. The summed E-state index contributed by atoms with van der Waals surface area (Å²) in [6.45, 7) is 1.39. The van der Waals surface area contributed by atoms with Gasteiger partial charge in [0, 0.05) is 37.6 Å². The number of benzene rings is 1. The third-order valence-corrected chi connectivity index (χ3v) is 5.95. The van der Waals surface area contributed by atoms with Crippen molar-refractivity contribution in [2.75, 3.05) is 19.6 Å². The van der Waals surface area contributed by atoms with Crippen molar-refractivity contribution in [2.24, 2.45) is 0 Å². The quantitative estimate of drug-likeness (QED) is 0.755. The van der Waals surface area contributed by atoms with Gasteiger partial charge in [-0.15, -0.1) is 0 Å².